The van der Waals surface area contributed by atoms with E-state index in [9.17, 15) is 9.90 Å². The Morgan fingerprint density at radius 3 is 2.19 bits per heavy atom. The summed E-state index contributed by atoms with van der Waals surface area (Å²) in [6.45, 7) is 0.0197. The first-order valence-electron chi connectivity index (χ1n) is 7.19. The lowest BCUT2D eigenvalue weighted by molar-refractivity contribution is -0.122. The molecule has 0 saturated carbocycles. The lowest BCUT2D eigenvalue weighted by Gasteiger charge is -2.23. The van der Waals surface area contributed by atoms with Gasteiger partial charge in [-0.25, -0.2) is 0 Å². The monoisotopic (exact) mass is 283 g/mol. The molecule has 1 N–H and O–H groups in total. The third-order valence-electron chi connectivity index (χ3n) is 3.63. The van der Waals surface area contributed by atoms with Crippen molar-refractivity contribution in [3.63, 3.8) is 0 Å². The van der Waals surface area contributed by atoms with Gasteiger partial charge >= 0.3 is 0 Å². The molecular formula is C18H21NO2. The summed E-state index contributed by atoms with van der Waals surface area (Å²) in [5.41, 5.74) is 1.99. The number of amides is 1. The van der Waals surface area contributed by atoms with Crippen LogP contribution in [0.1, 0.15) is 12.0 Å². The zero-order valence-corrected chi connectivity index (χ0v) is 12.3. The normalized spacial score (nSPS) is 11.9. The molecule has 0 heterocycles. The zero-order valence-electron chi connectivity index (χ0n) is 12.3. The lowest BCUT2D eigenvalue weighted by atomic mass is 9.95. The standard InChI is InChI=1S/C18H21NO2/c1-19(17-10-6-3-7-11-17)18(21)16(12-13-20)14-15-8-4-2-5-9-15/h2-11,16,20H,12-14H2,1H3. The van der Waals surface area contributed by atoms with Crippen molar-refractivity contribution < 1.29 is 9.90 Å². The Bertz CT molecular complexity index is 554. The highest BCUT2D eigenvalue weighted by atomic mass is 16.3. The van der Waals surface area contributed by atoms with Crippen LogP contribution in [-0.4, -0.2) is 24.7 Å². The van der Waals surface area contributed by atoms with Crippen LogP contribution in [0.15, 0.2) is 60.7 Å². The third-order valence-corrected chi connectivity index (χ3v) is 3.63. The van der Waals surface area contributed by atoms with Crippen molar-refractivity contribution in [1.82, 2.24) is 0 Å². The van der Waals surface area contributed by atoms with Crippen molar-refractivity contribution >= 4 is 11.6 Å². The Balaban J connectivity index is 2.12. The maximum atomic E-state index is 12.7. The van der Waals surface area contributed by atoms with Gasteiger partial charge in [-0.15, -0.1) is 0 Å². The number of nitrogens with zero attached hydrogens (tertiary/aromatic N) is 1. The van der Waals surface area contributed by atoms with E-state index in [1.54, 1.807) is 11.9 Å². The van der Waals surface area contributed by atoms with Crippen LogP contribution in [0.2, 0.25) is 0 Å². The van der Waals surface area contributed by atoms with Crippen LogP contribution in [0.5, 0.6) is 0 Å². The van der Waals surface area contributed by atoms with Crippen molar-refractivity contribution in [3.8, 4) is 0 Å². The average Bonchev–Trinajstić information content (AvgIpc) is 2.55. The van der Waals surface area contributed by atoms with Crippen LogP contribution in [0.4, 0.5) is 5.69 Å². The maximum absolute atomic E-state index is 12.7. The van der Waals surface area contributed by atoms with E-state index in [2.05, 4.69) is 0 Å². The van der Waals surface area contributed by atoms with Gasteiger partial charge in [-0.2, -0.15) is 0 Å². The number of hydrogen-bond acceptors (Lipinski definition) is 2. The lowest BCUT2D eigenvalue weighted by Crippen LogP contribution is -2.34. The van der Waals surface area contributed by atoms with Gasteiger partial charge in [0.15, 0.2) is 0 Å². The van der Waals surface area contributed by atoms with Gasteiger partial charge in [0.2, 0.25) is 5.91 Å². The highest BCUT2D eigenvalue weighted by Gasteiger charge is 2.22. The van der Waals surface area contributed by atoms with Gasteiger partial charge in [0, 0.05) is 25.3 Å². The first kappa shape index (κ1) is 15.3. The van der Waals surface area contributed by atoms with E-state index >= 15 is 0 Å². The summed E-state index contributed by atoms with van der Waals surface area (Å²) in [4.78, 5) is 14.3. The number of aliphatic hydroxyl groups excluding tert-OH is 1. The molecule has 0 fully saturated rings. The zero-order chi connectivity index (χ0) is 15.1. The van der Waals surface area contributed by atoms with E-state index in [0.717, 1.165) is 11.3 Å². The highest BCUT2D eigenvalue weighted by molar-refractivity contribution is 5.94. The fourth-order valence-corrected chi connectivity index (χ4v) is 2.42. The van der Waals surface area contributed by atoms with E-state index in [4.69, 9.17) is 0 Å². The molecule has 1 amide bonds. The first-order chi connectivity index (χ1) is 10.2. The Kier molecular flexibility index (Phi) is 5.52. The van der Waals surface area contributed by atoms with Gasteiger partial charge in [-0.3, -0.25) is 4.79 Å². The molecule has 1 atom stereocenters. The van der Waals surface area contributed by atoms with E-state index in [-0.39, 0.29) is 18.4 Å². The molecule has 0 bridgehead atoms. The second-order valence-corrected chi connectivity index (χ2v) is 5.13. The minimum Gasteiger partial charge on any atom is -0.396 e. The Labute approximate surface area is 125 Å². The molecule has 2 rings (SSSR count). The van der Waals surface area contributed by atoms with E-state index in [1.165, 1.54) is 0 Å². The van der Waals surface area contributed by atoms with Gasteiger partial charge in [0.1, 0.15) is 0 Å². The highest BCUT2D eigenvalue weighted by Crippen LogP contribution is 2.19. The van der Waals surface area contributed by atoms with E-state index in [0.29, 0.717) is 12.8 Å². The van der Waals surface area contributed by atoms with Crippen molar-refractivity contribution in [2.75, 3.05) is 18.6 Å². The number of para-hydroxylation sites is 1. The molecule has 3 heteroatoms. The second-order valence-electron chi connectivity index (χ2n) is 5.13. The largest absolute Gasteiger partial charge is 0.396 e. The minimum absolute atomic E-state index is 0.0197. The number of carbonyl (C=O) groups excluding carboxylic acids is 1. The van der Waals surface area contributed by atoms with Crippen LogP contribution in [0.3, 0.4) is 0 Å². The number of hydrogen-bond donors (Lipinski definition) is 1. The fraction of sp³-hybridized carbons (Fsp3) is 0.278. The number of carbonyl (C=O) groups is 1. The molecule has 3 nitrogen and oxygen atoms in total. The number of benzene rings is 2. The van der Waals surface area contributed by atoms with Crippen LogP contribution in [0.25, 0.3) is 0 Å². The Morgan fingerprint density at radius 2 is 1.62 bits per heavy atom. The smallest absolute Gasteiger partial charge is 0.230 e. The molecule has 0 aliphatic carbocycles. The first-order valence-corrected chi connectivity index (χ1v) is 7.19. The van der Waals surface area contributed by atoms with Gasteiger partial charge in [0.25, 0.3) is 0 Å². The van der Waals surface area contributed by atoms with E-state index < -0.39 is 0 Å². The molecule has 1 unspecified atom stereocenters. The summed E-state index contributed by atoms with van der Waals surface area (Å²) in [5, 5.41) is 9.25. The van der Waals surface area contributed by atoms with Crippen LogP contribution < -0.4 is 4.90 Å². The van der Waals surface area contributed by atoms with Crippen LogP contribution in [-0.2, 0) is 11.2 Å². The van der Waals surface area contributed by atoms with Gasteiger partial charge in [-0.1, -0.05) is 48.5 Å². The van der Waals surface area contributed by atoms with Crippen molar-refractivity contribution in [1.29, 1.82) is 0 Å². The molecule has 110 valence electrons. The van der Waals surface area contributed by atoms with Crippen molar-refractivity contribution in [2.24, 2.45) is 5.92 Å². The third kappa shape index (κ3) is 4.17. The summed E-state index contributed by atoms with van der Waals surface area (Å²) in [7, 11) is 1.78. The van der Waals surface area contributed by atoms with Gasteiger partial charge in [0.05, 0.1) is 0 Å². The second kappa shape index (κ2) is 7.60. The molecular weight excluding hydrogens is 262 g/mol. The van der Waals surface area contributed by atoms with Gasteiger partial charge in [-0.05, 0) is 30.5 Å². The molecule has 2 aromatic rings. The summed E-state index contributed by atoms with van der Waals surface area (Å²) in [6, 6.07) is 19.5. The van der Waals surface area contributed by atoms with Crippen molar-refractivity contribution in [2.45, 2.75) is 12.8 Å². The molecule has 0 spiro atoms. The predicted molar refractivity (Wildman–Crippen MR) is 85.2 cm³/mol. The number of anilines is 1. The molecule has 2 aromatic carbocycles. The summed E-state index contributed by atoms with van der Waals surface area (Å²) < 4.78 is 0. The fourth-order valence-electron chi connectivity index (χ4n) is 2.42. The topological polar surface area (TPSA) is 40.5 Å². The maximum Gasteiger partial charge on any atom is 0.230 e. The summed E-state index contributed by atoms with van der Waals surface area (Å²) in [6.07, 6.45) is 1.13. The molecule has 0 aliphatic heterocycles. The molecule has 0 radical (unpaired) electrons. The Hall–Kier alpha value is -2.13. The minimum atomic E-state index is -0.206. The molecule has 0 aromatic heterocycles. The SMILES string of the molecule is CN(C(=O)C(CCO)Cc1ccccc1)c1ccccc1. The quantitative estimate of drug-likeness (QED) is 0.885. The molecule has 0 aliphatic rings. The number of aliphatic hydroxyl groups is 1. The summed E-state index contributed by atoms with van der Waals surface area (Å²) in [5.74, 6) is -0.165. The molecule has 0 saturated heterocycles. The average molecular weight is 283 g/mol. The Morgan fingerprint density at radius 1 is 1.05 bits per heavy atom. The molecule has 21 heavy (non-hydrogen) atoms. The van der Waals surface area contributed by atoms with Crippen LogP contribution >= 0.6 is 0 Å². The predicted octanol–water partition coefficient (Wildman–Crippen LogP) is 2.89. The number of rotatable bonds is 6. The van der Waals surface area contributed by atoms with Crippen molar-refractivity contribution in [3.05, 3.63) is 66.2 Å². The summed E-state index contributed by atoms with van der Waals surface area (Å²) >= 11 is 0. The van der Waals surface area contributed by atoms with E-state index in [1.807, 2.05) is 60.7 Å². The van der Waals surface area contributed by atoms with Gasteiger partial charge < -0.3 is 10.0 Å². The van der Waals surface area contributed by atoms with Crippen LogP contribution in [0, 0.1) is 5.92 Å².